The summed E-state index contributed by atoms with van der Waals surface area (Å²) in [6.45, 7) is 0.439. The van der Waals surface area contributed by atoms with E-state index in [4.69, 9.17) is 0 Å². The van der Waals surface area contributed by atoms with Crippen molar-refractivity contribution in [2.75, 3.05) is 13.2 Å². The van der Waals surface area contributed by atoms with Crippen LogP contribution in [0.3, 0.4) is 0 Å². The lowest BCUT2D eigenvalue weighted by Crippen LogP contribution is -2.38. The van der Waals surface area contributed by atoms with Gasteiger partial charge in [-0.2, -0.15) is 0 Å². The van der Waals surface area contributed by atoms with Gasteiger partial charge in [0.15, 0.2) is 0 Å². The first-order valence-corrected chi connectivity index (χ1v) is 7.59. The molecule has 1 aromatic rings. The van der Waals surface area contributed by atoms with E-state index in [1.54, 1.807) is 6.07 Å². The number of aliphatic hydroxyl groups excluding tert-OH is 1. The minimum absolute atomic E-state index is 0.0475. The van der Waals surface area contributed by atoms with Crippen molar-refractivity contribution < 1.29 is 14.8 Å². The lowest BCUT2D eigenvalue weighted by molar-refractivity contribution is -0.385. The number of nitro benzene ring substituents is 1. The number of nitrogens with one attached hydrogen (secondary N) is 1. The van der Waals surface area contributed by atoms with Gasteiger partial charge in [0.25, 0.3) is 11.6 Å². The molecule has 1 aliphatic carbocycles. The monoisotopic (exact) mass is 356 g/mol. The topological polar surface area (TPSA) is 92.5 Å². The van der Waals surface area contributed by atoms with E-state index in [2.05, 4.69) is 21.2 Å². The average molecular weight is 357 g/mol. The van der Waals surface area contributed by atoms with Crippen molar-refractivity contribution in [1.29, 1.82) is 0 Å². The van der Waals surface area contributed by atoms with Crippen LogP contribution in [0.4, 0.5) is 5.69 Å². The first-order valence-electron chi connectivity index (χ1n) is 6.80. The van der Waals surface area contributed by atoms with E-state index in [1.165, 1.54) is 12.1 Å². The molecule has 1 aliphatic rings. The fourth-order valence-electron chi connectivity index (χ4n) is 2.70. The quantitative estimate of drug-likeness (QED) is 0.626. The van der Waals surface area contributed by atoms with E-state index in [9.17, 15) is 20.0 Å². The van der Waals surface area contributed by atoms with Crippen molar-refractivity contribution in [1.82, 2.24) is 5.32 Å². The summed E-state index contributed by atoms with van der Waals surface area (Å²) < 4.78 is 0.486. The summed E-state index contributed by atoms with van der Waals surface area (Å²) in [6, 6.07) is 4.14. The molecule has 0 aromatic heterocycles. The average Bonchev–Trinajstić information content (AvgIpc) is 2.93. The van der Waals surface area contributed by atoms with E-state index in [0.29, 0.717) is 11.0 Å². The first kappa shape index (κ1) is 15.9. The minimum Gasteiger partial charge on any atom is -0.396 e. The molecule has 114 valence electrons. The molecular weight excluding hydrogens is 340 g/mol. The highest BCUT2D eigenvalue weighted by atomic mass is 79.9. The predicted octanol–water partition coefficient (Wildman–Crippen LogP) is 2.64. The number of non-ortho nitro benzene ring substituents is 1. The zero-order chi connectivity index (χ0) is 15.5. The zero-order valence-electron chi connectivity index (χ0n) is 11.5. The number of benzene rings is 1. The van der Waals surface area contributed by atoms with Gasteiger partial charge in [0.05, 0.1) is 11.5 Å². The maximum Gasteiger partial charge on any atom is 0.271 e. The Hall–Kier alpha value is -1.47. The Balaban J connectivity index is 2.08. The smallest absolute Gasteiger partial charge is 0.271 e. The Morgan fingerprint density at radius 2 is 2.05 bits per heavy atom. The highest BCUT2D eigenvalue weighted by Gasteiger charge is 2.33. The first-order chi connectivity index (χ1) is 9.96. The molecule has 0 unspecified atom stereocenters. The van der Waals surface area contributed by atoms with Crippen LogP contribution in [0.25, 0.3) is 0 Å². The molecule has 6 nitrogen and oxygen atoms in total. The van der Waals surface area contributed by atoms with Gasteiger partial charge in [-0.25, -0.2) is 0 Å². The van der Waals surface area contributed by atoms with Gasteiger partial charge >= 0.3 is 0 Å². The largest absolute Gasteiger partial charge is 0.396 e. The Bertz CT molecular complexity index is 556. The van der Waals surface area contributed by atoms with E-state index < -0.39 is 4.92 Å². The predicted molar refractivity (Wildman–Crippen MR) is 81.1 cm³/mol. The van der Waals surface area contributed by atoms with Crippen molar-refractivity contribution in [3.63, 3.8) is 0 Å². The number of aliphatic hydroxyl groups is 1. The van der Waals surface area contributed by atoms with Gasteiger partial charge in [-0.1, -0.05) is 28.8 Å². The molecule has 0 radical (unpaired) electrons. The van der Waals surface area contributed by atoms with Crippen LogP contribution in [0, 0.1) is 15.5 Å². The number of amides is 1. The molecular formula is C14H17BrN2O4. The fourth-order valence-corrected chi connectivity index (χ4v) is 3.18. The van der Waals surface area contributed by atoms with Gasteiger partial charge in [-0.05, 0) is 18.9 Å². The van der Waals surface area contributed by atoms with Gasteiger partial charge in [0.1, 0.15) is 0 Å². The Morgan fingerprint density at radius 3 is 2.62 bits per heavy atom. The second-order valence-electron chi connectivity index (χ2n) is 5.50. The minimum atomic E-state index is -0.534. The number of nitrogens with zero attached hydrogens (tertiary/aromatic N) is 1. The highest BCUT2D eigenvalue weighted by Crippen LogP contribution is 2.37. The molecule has 21 heavy (non-hydrogen) atoms. The van der Waals surface area contributed by atoms with Gasteiger partial charge in [0, 0.05) is 34.1 Å². The Morgan fingerprint density at radius 1 is 1.38 bits per heavy atom. The number of rotatable bonds is 5. The molecule has 0 aliphatic heterocycles. The molecule has 7 heteroatoms. The van der Waals surface area contributed by atoms with Crippen LogP contribution in [0.15, 0.2) is 22.7 Å². The van der Waals surface area contributed by atoms with E-state index in [-0.39, 0.29) is 29.2 Å². The van der Waals surface area contributed by atoms with Crippen molar-refractivity contribution in [2.45, 2.75) is 25.7 Å². The van der Waals surface area contributed by atoms with Crippen LogP contribution >= 0.6 is 15.9 Å². The van der Waals surface area contributed by atoms with Gasteiger partial charge in [-0.3, -0.25) is 14.9 Å². The lowest BCUT2D eigenvalue weighted by Gasteiger charge is -2.26. The number of carbonyl (C=O) groups excluding carboxylic acids is 1. The van der Waals surface area contributed by atoms with Gasteiger partial charge in [0.2, 0.25) is 0 Å². The number of hydrogen-bond donors (Lipinski definition) is 2. The molecule has 0 saturated heterocycles. The second kappa shape index (κ2) is 6.53. The maximum absolute atomic E-state index is 12.2. The third-order valence-corrected chi connectivity index (χ3v) is 4.44. The molecule has 2 N–H and O–H groups in total. The van der Waals surface area contributed by atoms with Crippen LogP contribution in [-0.2, 0) is 0 Å². The zero-order valence-corrected chi connectivity index (χ0v) is 13.1. The molecule has 1 amide bonds. The molecule has 1 saturated carbocycles. The molecule has 1 fully saturated rings. The van der Waals surface area contributed by atoms with Crippen molar-refractivity contribution in [3.05, 3.63) is 38.3 Å². The summed E-state index contributed by atoms with van der Waals surface area (Å²) in [4.78, 5) is 22.4. The Kier molecular flexibility index (Phi) is 4.95. The van der Waals surface area contributed by atoms with Crippen LogP contribution in [0.1, 0.15) is 36.0 Å². The van der Waals surface area contributed by atoms with Crippen LogP contribution in [0.5, 0.6) is 0 Å². The molecule has 0 spiro atoms. The number of carbonyl (C=O) groups is 1. The van der Waals surface area contributed by atoms with E-state index in [0.717, 1.165) is 25.7 Å². The number of nitro groups is 1. The van der Waals surface area contributed by atoms with Crippen molar-refractivity contribution in [2.24, 2.45) is 5.41 Å². The number of halogens is 1. The van der Waals surface area contributed by atoms with Crippen molar-refractivity contribution in [3.8, 4) is 0 Å². The molecule has 0 atom stereocenters. The SMILES string of the molecule is O=C(NCC1(CO)CCCC1)c1cc(Br)cc([N+](=O)[O-])c1. The molecule has 2 rings (SSSR count). The summed E-state index contributed by atoms with van der Waals surface area (Å²) in [7, 11) is 0. The van der Waals surface area contributed by atoms with Gasteiger partial charge in [-0.15, -0.1) is 0 Å². The van der Waals surface area contributed by atoms with Crippen LogP contribution < -0.4 is 5.32 Å². The summed E-state index contributed by atoms with van der Waals surface area (Å²) >= 11 is 3.17. The van der Waals surface area contributed by atoms with E-state index >= 15 is 0 Å². The van der Waals surface area contributed by atoms with Crippen molar-refractivity contribution >= 4 is 27.5 Å². The molecule has 1 aromatic carbocycles. The third-order valence-electron chi connectivity index (χ3n) is 3.98. The van der Waals surface area contributed by atoms with Crippen LogP contribution in [0.2, 0.25) is 0 Å². The fraction of sp³-hybridized carbons (Fsp3) is 0.500. The molecule has 0 heterocycles. The Labute approximate surface area is 130 Å². The third kappa shape index (κ3) is 3.79. The lowest BCUT2D eigenvalue weighted by atomic mass is 9.87. The standard InChI is InChI=1S/C14H17BrN2O4/c15-11-5-10(6-12(7-11)17(20)21)13(19)16-8-14(9-18)3-1-2-4-14/h5-7,18H,1-4,8-9H2,(H,16,19). The number of hydrogen-bond acceptors (Lipinski definition) is 4. The van der Waals surface area contributed by atoms with Crippen LogP contribution in [-0.4, -0.2) is 29.1 Å². The highest BCUT2D eigenvalue weighted by molar-refractivity contribution is 9.10. The van der Waals surface area contributed by atoms with Gasteiger partial charge < -0.3 is 10.4 Å². The summed E-state index contributed by atoms with van der Waals surface area (Å²) in [6.07, 6.45) is 3.89. The summed E-state index contributed by atoms with van der Waals surface area (Å²) in [5.41, 5.74) is -0.137. The van der Waals surface area contributed by atoms with E-state index in [1.807, 2.05) is 0 Å². The normalized spacial score (nSPS) is 16.7. The summed E-state index contributed by atoms with van der Waals surface area (Å²) in [5, 5.41) is 23.1. The summed E-state index contributed by atoms with van der Waals surface area (Å²) in [5.74, 6) is -0.362. The molecule has 0 bridgehead atoms. The second-order valence-corrected chi connectivity index (χ2v) is 6.42. The maximum atomic E-state index is 12.2.